The molecule has 0 radical (unpaired) electrons. The van der Waals surface area contributed by atoms with Gasteiger partial charge in [0.2, 0.25) is 0 Å². The molecule has 1 unspecified atom stereocenters. The fraction of sp³-hybridized carbons (Fsp3) is 1.00. The quantitative estimate of drug-likeness (QED) is 0.768. The summed E-state index contributed by atoms with van der Waals surface area (Å²) in [4.78, 5) is 0. The Labute approximate surface area is 92.8 Å². The van der Waals surface area contributed by atoms with E-state index in [0.717, 1.165) is 18.6 Å². The predicted octanol–water partition coefficient (Wildman–Crippen LogP) is 2.48. The molecule has 0 aromatic carbocycles. The molecular formula is C13H23NO. The lowest BCUT2D eigenvalue weighted by Crippen LogP contribution is -2.45. The van der Waals surface area contributed by atoms with Crippen LogP contribution in [0.5, 0.6) is 0 Å². The number of hydrogen-bond donors (Lipinski definition) is 1. The predicted molar refractivity (Wildman–Crippen MR) is 60.9 cm³/mol. The Morgan fingerprint density at radius 1 is 1.20 bits per heavy atom. The van der Waals surface area contributed by atoms with Crippen molar-refractivity contribution in [1.82, 2.24) is 5.32 Å². The van der Waals surface area contributed by atoms with Crippen LogP contribution in [0.15, 0.2) is 0 Å². The average molecular weight is 209 g/mol. The van der Waals surface area contributed by atoms with E-state index in [0.29, 0.717) is 5.60 Å². The minimum atomic E-state index is 0.350. The van der Waals surface area contributed by atoms with Crippen molar-refractivity contribution >= 4 is 0 Å². The SMILES string of the molecule is C1CC2(C1)CC(CCNC1CC1)CCO2. The van der Waals surface area contributed by atoms with Crippen LogP contribution >= 0.6 is 0 Å². The van der Waals surface area contributed by atoms with E-state index in [9.17, 15) is 0 Å². The maximum Gasteiger partial charge on any atom is 0.0685 e. The van der Waals surface area contributed by atoms with Crippen LogP contribution in [0.2, 0.25) is 0 Å². The number of nitrogens with one attached hydrogen (secondary N) is 1. The van der Waals surface area contributed by atoms with Crippen LogP contribution in [0.1, 0.15) is 51.4 Å². The van der Waals surface area contributed by atoms with E-state index < -0.39 is 0 Å². The molecule has 0 bridgehead atoms. The number of rotatable bonds is 4. The Balaban J connectivity index is 1.40. The number of hydrogen-bond acceptors (Lipinski definition) is 2. The Morgan fingerprint density at radius 3 is 2.73 bits per heavy atom. The molecule has 2 heteroatoms. The summed E-state index contributed by atoms with van der Waals surface area (Å²) in [7, 11) is 0. The van der Waals surface area contributed by atoms with Gasteiger partial charge in [-0.3, -0.25) is 0 Å². The van der Waals surface area contributed by atoms with Gasteiger partial charge in [0.05, 0.1) is 5.60 Å². The first-order chi connectivity index (χ1) is 7.36. The third-order valence-corrected chi connectivity index (χ3v) is 4.42. The smallest absolute Gasteiger partial charge is 0.0685 e. The van der Waals surface area contributed by atoms with Crippen molar-refractivity contribution in [2.24, 2.45) is 5.92 Å². The zero-order chi connectivity index (χ0) is 10.1. The van der Waals surface area contributed by atoms with E-state index in [4.69, 9.17) is 4.74 Å². The molecule has 86 valence electrons. The molecular weight excluding hydrogens is 186 g/mol. The van der Waals surface area contributed by atoms with Crippen LogP contribution < -0.4 is 5.32 Å². The van der Waals surface area contributed by atoms with Gasteiger partial charge in [0, 0.05) is 12.6 Å². The molecule has 1 aliphatic heterocycles. The Hall–Kier alpha value is -0.0800. The van der Waals surface area contributed by atoms with E-state index in [1.807, 2.05) is 0 Å². The molecule has 15 heavy (non-hydrogen) atoms. The van der Waals surface area contributed by atoms with Crippen LogP contribution in [-0.4, -0.2) is 24.8 Å². The molecule has 1 atom stereocenters. The van der Waals surface area contributed by atoms with Gasteiger partial charge in [-0.05, 0) is 63.8 Å². The zero-order valence-electron chi connectivity index (χ0n) is 9.63. The van der Waals surface area contributed by atoms with Gasteiger partial charge in [-0.1, -0.05) is 0 Å². The normalized spacial score (nSPS) is 34.0. The van der Waals surface area contributed by atoms with Gasteiger partial charge < -0.3 is 10.1 Å². The number of ether oxygens (including phenoxy) is 1. The highest BCUT2D eigenvalue weighted by Crippen LogP contribution is 2.44. The molecule has 1 N–H and O–H groups in total. The third kappa shape index (κ3) is 2.36. The van der Waals surface area contributed by atoms with Crippen molar-refractivity contribution in [3.63, 3.8) is 0 Å². The molecule has 1 heterocycles. The van der Waals surface area contributed by atoms with E-state index in [2.05, 4.69) is 5.32 Å². The minimum Gasteiger partial charge on any atom is -0.375 e. The first kappa shape index (κ1) is 10.1. The Kier molecular flexibility index (Phi) is 2.73. The van der Waals surface area contributed by atoms with Crippen LogP contribution in [0.25, 0.3) is 0 Å². The van der Waals surface area contributed by atoms with Crippen molar-refractivity contribution in [3.8, 4) is 0 Å². The molecule has 2 saturated carbocycles. The van der Waals surface area contributed by atoms with Crippen molar-refractivity contribution in [2.75, 3.05) is 13.2 Å². The van der Waals surface area contributed by atoms with Gasteiger partial charge in [0.25, 0.3) is 0 Å². The van der Waals surface area contributed by atoms with Crippen LogP contribution in [0.3, 0.4) is 0 Å². The zero-order valence-corrected chi connectivity index (χ0v) is 9.63. The molecule has 0 aromatic heterocycles. The molecule has 3 fully saturated rings. The largest absolute Gasteiger partial charge is 0.375 e. The highest BCUT2D eigenvalue weighted by molar-refractivity contribution is 4.94. The maximum absolute atomic E-state index is 5.95. The minimum absolute atomic E-state index is 0.350. The highest BCUT2D eigenvalue weighted by atomic mass is 16.5. The van der Waals surface area contributed by atoms with Gasteiger partial charge in [-0.2, -0.15) is 0 Å². The molecule has 0 aromatic rings. The van der Waals surface area contributed by atoms with Crippen LogP contribution in [0.4, 0.5) is 0 Å². The van der Waals surface area contributed by atoms with Crippen molar-refractivity contribution in [3.05, 3.63) is 0 Å². The first-order valence-electron chi connectivity index (χ1n) is 6.74. The molecule has 3 aliphatic rings. The Morgan fingerprint density at radius 2 is 2.07 bits per heavy atom. The molecule has 1 spiro atoms. The van der Waals surface area contributed by atoms with E-state index in [1.54, 1.807) is 0 Å². The van der Waals surface area contributed by atoms with Gasteiger partial charge >= 0.3 is 0 Å². The molecule has 3 rings (SSSR count). The second kappa shape index (κ2) is 4.06. The summed E-state index contributed by atoms with van der Waals surface area (Å²) in [6, 6.07) is 0.877. The second-order valence-electron chi connectivity index (χ2n) is 5.76. The lowest BCUT2D eigenvalue weighted by atomic mass is 9.71. The lowest BCUT2D eigenvalue weighted by Gasteiger charge is -2.47. The summed E-state index contributed by atoms with van der Waals surface area (Å²) >= 11 is 0. The van der Waals surface area contributed by atoms with Gasteiger partial charge in [0.15, 0.2) is 0 Å². The van der Waals surface area contributed by atoms with Crippen LogP contribution in [-0.2, 0) is 4.74 Å². The topological polar surface area (TPSA) is 21.3 Å². The molecule has 0 amide bonds. The van der Waals surface area contributed by atoms with Crippen LogP contribution in [0, 0.1) is 5.92 Å². The van der Waals surface area contributed by atoms with E-state index in [1.165, 1.54) is 57.9 Å². The van der Waals surface area contributed by atoms with E-state index in [-0.39, 0.29) is 0 Å². The molecule has 1 saturated heterocycles. The maximum atomic E-state index is 5.95. The second-order valence-corrected chi connectivity index (χ2v) is 5.76. The third-order valence-electron chi connectivity index (χ3n) is 4.42. The van der Waals surface area contributed by atoms with E-state index >= 15 is 0 Å². The highest BCUT2D eigenvalue weighted by Gasteiger charge is 2.42. The summed E-state index contributed by atoms with van der Waals surface area (Å²) in [5.41, 5.74) is 0.350. The molecule has 2 aliphatic carbocycles. The van der Waals surface area contributed by atoms with Gasteiger partial charge in [0.1, 0.15) is 0 Å². The lowest BCUT2D eigenvalue weighted by molar-refractivity contribution is -0.143. The fourth-order valence-electron chi connectivity index (χ4n) is 3.07. The summed E-state index contributed by atoms with van der Waals surface area (Å²) in [5, 5.41) is 3.63. The summed E-state index contributed by atoms with van der Waals surface area (Å²) in [6.45, 7) is 2.26. The standard InChI is InChI=1S/C13H23NO/c1-6-13(7-1)10-11(5-9-15-13)4-8-14-12-2-3-12/h11-12,14H,1-10H2. The Bertz CT molecular complexity index is 221. The summed E-state index contributed by atoms with van der Waals surface area (Å²) in [5.74, 6) is 0.935. The average Bonchev–Trinajstić information content (AvgIpc) is 3.00. The summed E-state index contributed by atoms with van der Waals surface area (Å²) in [6.07, 6.45) is 10.9. The molecule has 2 nitrogen and oxygen atoms in total. The first-order valence-corrected chi connectivity index (χ1v) is 6.74. The van der Waals surface area contributed by atoms with Gasteiger partial charge in [-0.25, -0.2) is 0 Å². The van der Waals surface area contributed by atoms with Crippen molar-refractivity contribution in [2.45, 2.75) is 63.0 Å². The summed E-state index contributed by atoms with van der Waals surface area (Å²) < 4.78 is 5.95. The van der Waals surface area contributed by atoms with Gasteiger partial charge in [-0.15, -0.1) is 0 Å². The van der Waals surface area contributed by atoms with Crippen molar-refractivity contribution in [1.29, 1.82) is 0 Å². The monoisotopic (exact) mass is 209 g/mol. The van der Waals surface area contributed by atoms with Crippen molar-refractivity contribution < 1.29 is 4.74 Å². The fourth-order valence-corrected chi connectivity index (χ4v) is 3.07.